The molecule has 0 aliphatic rings. The molecule has 0 unspecified atom stereocenters. The molecule has 0 aliphatic heterocycles. The summed E-state index contributed by atoms with van der Waals surface area (Å²) in [7, 11) is 0. The van der Waals surface area contributed by atoms with Gasteiger partial charge in [0.2, 0.25) is 0 Å². The first-order valence-corrected chi connectivity index (χ1v) is 27.3. The van der Waals surface area contributed by atoms with Crippen LogP contribution in [0.2, 0.25) is 0 Å². The van der Waals surface area contributed by atoms with Gasteiger partial charge < -0.3 is 15.3 Å². The Labute approximate surface area is 393 Å². The third-order valence-corrected chi connectivity index (χ3v) is 11.0. The molecule has 0 bridgehead atoms. The maximum absolute atomic E-state index is 10.3. The molecule has 63 heavy (non-hydrogen) atoms. The van der Waals surface area contributed by atoms with Crippen molar-refractivity contribution in [3.8, 4) is 0 Å². The third kappa shape index (κ3) is 83.7. The van der Waals surface area contributed by atoms with Gasteiger partial charge in [0, 0.05) is 19.3 Å². The van der Waals surface area contributed by atoms with Gasteiger partial charge in [0.05, 0.1) is 0 Å². The Morgan fingerprint density at radius 2 is 0.397 bits per heavy atom. The highest BCUT2D eigenvalue weighted by atomic mass is 16.4. The average Bonchev–Trinajstić information content (AvgIpc) is 3.25. The van der Waals surface area contributed by atoms with Crippen LogP contribution in [0.3, 0.4) is 0 Å². The standard InChI is InChI=1S/3C18H34O2.C3H8/c3*1-2-3-4-5-6-7-8-9-10-11-12-13-14-15-16-17-18(19)20;1-3-2/h3*9-10H,2-8,11-17H2,1H3,(H,19,20);3H2,1-2H3. The van der Waals surface area contributed by atoms with Crippen LogP contribution < -0.4 is 0 Å². The van der Waals surface area contributed by atoms with Gasteiger partial charge in [0.25, 0.3) is 0 Å². The lowest BCUT2D eigenvalue weighted by atomic mass is 10.1. The zero-order valence-corrected chi connectivity index (χ0v) is 42.9. The van der Waals surface area contributed by atoms with Gasteiger partial charge in [0.15, 0.2) is 0 Å². The first-order chi connectivity index (χ1) is 30.7. The minimum atomic E-state index is -0.664. The number of aliphatic carboxylic acids is 3. The Balaban J connectivity index is -0.000000401. The van der Waals surface area contributed by atoms with Crippen LogP contribution in [0.25, 0.3) is 0 Å². The van der Waals surface area contributed by atoms with E-state index in [4.69, 9.17) is 15.3 Å². The van der Waals surface area contributed by atoms with Gasteiger partial charge in [-0.15, -0.1) is 0 Å². The predicted molar refractivity (Wildman–Crippen MR) is 277 cm³/mol. The Bertz CT molecular complexity index is 835. The molecule has 6 heteroatoms. The van der Waals surface area contributed by atoms with Crippen LogP contribution >= 0.6 is 0 Å². The molecule has 0 aromatic carbocycles. The van der Waals surface area contributed by atoms with Crippen LogP contribution in [0.15, 0.2) is 36.5 Å². The van der Waals surface area contributed by atoms with Gasteiger partial charge in [-0.3, -0.25) is 14.4 Å². The van der Waals surface area contributed by atoms with Crippen LogP contribution in [-0.4, -0.2) is 33.2 Å². The van der Waals surface area contributed by atoms with Gasteiger partial charge in [-0.1, -0.05) is 232 Å². The van der Waals surface area contributed by atoms with Crippen LogP contribution in [0.5, 0.6) is 0 Å². The van der Waals surface area contributed by atoms with Gasteiger partial charge in [-0.2, -0.15) is 0 Å². The summed E-state index contributed by atoms with van der Waals surface area (Å²) >= 11 is 0. The molecule has 0 amide bonds. The van der Waals surface area contributed by atoms with Gasteiger partial charge in [-0.25, -0.2) is 0 Å². The minimum absolute atomic E-state index is 0.332. The highest BCUT2D eigenvalue weighted by molar-refractivity contribution is 5.67. The molecule has 0 aromatic rings. The second-order valence-electron chi connectivity index (χ2n) is 17.9. The minimum Gasteiger partial charge on any atom is -0.481 e. The van der Waals surface area contributed by atoms with E-state index in [0.29, 0.717) is 19.3 Å². The van der Waals surface area contributed by atoms with Crippen LogP contribution in [-0.2, 0) is 14.4 Å². The fraction of sp³-hybridized carbons (Fsp3) is 0.842. The molecule has 374 valence electrons. The molecule has 0 radical (unpaired) electrons. The van der Waals surface area contributed by atoms with Crippen LogP contribution in [0.4, 0.5) is 0 Å². The van der Waals surface area contributed by atoms with Crippen molar-refractivity contribution in [1.29, 1.82) is 0 Å². The quantitative estimate of drug-likeness (QED) is 0.0415. The number of rotatable bonds is 45. The monoisotopic (exact) mass is 891 g/mol. The maximum atomic E-state index is 10.3. The number of carboxylic acid groups (broad SMARTS) is 3. The maximum Gasteiger partial charge on any atom is 0.303 e. The van der Waals surface area contributed by atoms with Gasteiger partial charge >= 0.3 is 17.9 Å². The molecule has 0 spiro atoms. The zero-order valence-electron chi connectivity index (χ0n) is 42.9. The summed E-state index contributed by atoms with van der Waals surface area (Å²) in [6.45, 7) is 11.0. The smallest absolute Gasteiger partial charge is 0.303 e. The molecule has 0 rings (SSSR count). The van der Waals surface area contributed by atoms with Crippen molar-refractivity contribution in [2.75, 3.05) is 0 Å². The summed E-state index contributed by atoms with van der Waals surface area (Å²) in [6.07, 6.45) is 65.0. The van der Waals surface area contributed by atoms with E-state index in [-0.39, 0.29) is 0 Å². The molecular formula is C57H110O6. The lowest BCUT2D eigenvalue weighted by molar-refractivity contribution is -0.138. The van der Waals surface area contributed by atoms with E-state index in [9.17, 15) is 14.4 Å². The second kappa shape index (κ2) is 66.2. The largest absolute Gasteiger partial charge is 0.481 e. The summed E-state index contributed by atoms with van der Waals surface area (Å²) in [6, 6.07) is 0. The van der Waals surface area contributed by atoms with E-state index in [1.165, 1.54) is 218 Å². The van der Waals surface area contributed by atoms with E-state index in [1.54, 1.807) is 0 Å². The number of carboxylic acids is 3. The molecule has 0 atom stereocenters. The Morgan fingerprint density at radius 3 is 0.556 bits per heavy atom. The molecule has 3 N–H and O–H groups in total. The molecule has 0 aliphatic carbocycles. The number of unbranched alkanes of at least 4 members (excludes halogenated alkanes) is 33. The van der Waals surface area contributed by atoms with Crippen molar-refractivity contribution in [3.63, 3.8) is 0 Å². The van der Waals surface area contributed by atoms with Crippen LogP contribution in [0, 0.1) is 0 Å². The normalized spacial score (nSPS) is 11.0. The predicted octanol–water partition coefficient (Wildman–Crippen LogP) is 19.7. The third-order valence-electron chi connectivity index (χ3n) is 11.0. The van der Waals surface area contributed by atoms with Crippen molar-refractivity contribution in [1.82, 2.24) is 0 Å². The molecule has 6 nitrogen and oxygen atoms in total. The Hall–Kier alpha value is -2.37. The lowest BCUT2D eigenvalue weighted by Crippen LogP contribution is -1.93. The lowest BCUT2D eigenvalue weighted by Gasteiger charge is -1.99. The van der Waals surface area contributed by atoms with Gasteiger partial charge in [-0.05, 0) is 96.3 Å². The molecule has 0 aromatic heterocycles. The summed E-state index contributed by atoms with van der Waals surface area (Å²) in [5, 5.41) is 25.5. The van der Waals surface area contributed by atoms with E-state index < -0.39 is 17.9 Å². The van der Waals surface area contributed by atoms with Crippen molar-refractivity contribution in [2.24, 2.45) is 0 Å². The first-order valence-electron chi connectivity index (χ1n) is 27.3. The number of carbonyl (C=O) groups is 3. The highest BCUT2D eigenvalue weighted by Crippen LogP contribution is 2.13. The first kappa shape index (κ1) is 67.2. The molecule has 0 fully saturated rings. The number of allylic oxidation sites excluding steroid dienone is 6. The van der Waals surface area contributed by atoms with Gasteiger partial charge in [0.1, 0.15) is 0 Å². The fourth-order valence-corrected chi connectivity index (χ4v) is 7.04. The fourth-order valence-electron chi connectivity index (χ4n) is 7.04. The second-order valence-corrected chi connectivity index (χ2v) is 17.9. The number of hydrogen-bond donors (Lipinski definition) is 3. The van der Waals surface area contributed by atoms with Crippen molar-refractivity contribution in [3.05, 3.63) is 36.5 Å². The molecular weight excluding hydrogens is 781 g/mol. The summed E-state index contributed by atoms with van der Waals surface area (Å²) in [5.74, 6) is -1.99. The van der Waals surface area contributed by atoms with E-state index in [1.807, 2.05) is 0 Å². The van der Waals surface area contributed by atoms with E-state index in [0.717, 1.165) is 38.5 Å². The van der Waals surface area contributed by atoms with E-state index >= 15 is 0 Å². The van der Waals surface area contributed by atoms with Crippen molar-refractivity contribution >= 4 is 17.9 Å². The van der Waals surface area contributed by atoms with E-state index in [2.05, 4.69) is 71.1 Å². The summed E-state index contributed by atoms with van der Waals surface area (Å²) in [5.41, 5.74) is 0. The average molecular weight is 892 g/mol. The summed E-state index contributed by atoms with van der Waals surface area (Å²) < 4.78 is 0. The Morgan fingerprint density at radius 1 is 0.254 bits per heavy atom. The molecule has 0 saturated carbocycles. The summed E-state index contributed by atoms with van der Waals surface area (Å²) in [4.78, 5) is 31.0. The molecule has 0 heterocycles. The van der Waals surface area contributed by atoms with Crippen LogP contribution in [0.1, 0.15) is 311 Å². The molecule has 0 saturated heterocycles. The SMILES string of the molecule is CCC.CCCCCCCCC=CCCCCCCCC(=O)O.CCCCCCCCC=CCCCCCCCC(=O)O.CCCCCCCCC=CCCCCCCCC(=O)O. The number of hydrogen-bond acceptors (Lipinski definition) is 3. The van der Waals surface area contributed by atoms with Crippen molar-refractivity contribution < 1.29 is 29.7 Å². The zero-order chi connectivity index (χ0) is 47.4. The Kier molecular flexibility index (Phi) is 70.7. The topological polar surface area (TPSA) is 112 Å². The van der Waals surface area contributed by atoms with Crippen molar-refractivity contribution in [2.45, 2.75) is 311 Å². The highest BCUT2D eigenvalue weighted by Gasteiger charge is 1.98.